The minimum absolute atomic E-state index is 0.362. The number of likely N-dealkylation sites (N-methyl/N-ethyl adjacent to an activating group) is 1. The van der Waals surface area contributed by atoms with Crippen LogP contribution in [0.15, 0.2) is 23.8 Å². The van der Waals surface area contributed by atoms with Crippen molar-refractivity contribution < 1.29 is 14.3 Å². The first kappa shape index (κ1) is 17.5. The average molecular weight is 312 g/mol. The fourth-order valence-electron chi connectivity index (χ4n) is 1.72. The first-order valence-electron chi connectivity index (χ1n) is 6.69. The van der Waals surface area contributed by atoms with Crippen LogP contribution in [0.1, 0.15) is 26.3 Å². The predicted octanol–water partition coefficient (Wildman–Crippen LogP) is 3.29. The van der Waals surface area contributed by atoms with Gasteiger partial charge in [-0.25, -0.2) is 4.79 Å². The molecule has 0 heterocycles. The number of halogens is 1. The Morgan fingerprint density at radius 3 is 2.57 bits per heavy atom. The van der Waals surface area contributed by atoms with Gasteiger partial charge in [-0.15, -0.1) is 0 Å². The molecule has 0 atom stereocenters. The number of rotatable bonds is 5. The molecule has 1 aromatic rings. The van der Waals surface area contributed by atoms with Crippen molar-refractivity contribution in [3.8, 4) is 5.75 Å². The third kappa shape index (κ3) is 5.78. The second-order valence-corrected chi connectivity index (χ2v) is 6.02. The molecule has 0 bridgehead atoms. The van der Waals surface area contributed by atoms with Gasteiger partial charge < -0.3 is 14.8 Å². The van der Waals surface area contributed by atoms with Gasteiger partial charge in [0, 0.05) is 17.1 Å². The van der Waals surface area contributed by atoms with Gasteiger partial charge in [-0.05, 0) is 52.1 Å². The maximum Gasteiger partial charge on any atom is 0.335 e. The maximum absolute atomic E-state index is 12.2. The van der Waals surface area contributed by atoms with Crippen molar-refractivity contribution in [3.63, 3.8) is 0 Å². The zero-order valence-electron chi connectivity index (χ0n) is 13.1. The molecule has 0 aliphatic heterocycles. The van der Waals surface area contributed by atoms with E-state index in [0.29, 0.717) is 22.9 Å². The lowest BCUT2D eigenvalue weighted by Crippen LogP contribution is -2.27. The second-order valence-electron chi connectivity index (χ2n) is 5.59. The lowest BCUT2D eigenvalue weighted by atomic mass is 10.1. The third-order valence-electron chi connectivity index (χ3n) is 2.55. The summed E-state index contributed by atoms with van der Waals surface area (Å²) in [6.07, 6.45) is 1.73. The van der Waals surface area contributed by atoms with Gasteiger partial charge in [0.1, 0.15) is 11.4 Å². The van der Waals surface area contributed by atoms with Crippen LogP contribution in [0.5, 0.6) is 5.75 Å². The summed E-state index contributed by atoms with van der Waals surface area (Å²) in [4.78, 5) is 12.2. The first-order chi connectivity index (χ1) is 9.76. The Morgan fingerprint density at radius 1 is 1.38 bits per heavy atom. The van der Waals surface area contributed by atoms with Crippen LogP contribution in [0, 0.1) is 0 Å². The van der Waals surface area contributed by atoms with Crippen molar-refractivity contribution >= 4 is 23.6 Å². The zero-order chi connectivity index (χ0) is 16.0. The Hall–Kier alpha value is -1.52. The molecule has 0 radical (unpaired) electrons. The number of carbonyl (C=O) groups excluding carboxylic acids is 1. The average Bonchev–Trinajstić information content (AvgIpc) is 2.36. The largest absolute Gasteiger partial charge is 0.496 e. The standard InChI is InChI=1S/C16H22ClNO3/c1-16(2,3)21-15(19)12(10-18-4)8-11-9-13(17)6-7-14(11)20-5/h6-9,18H,10H2,1-5H3. The maximum atomic E-state index is 12.2. The number of hydrogen-bond acceptors (Lipinski definition) is 4. The van der Waals surface area contributed by atoms with Gasteiger partial charge in [-0.2, -0.15) is 0 Å². The molecule has 1 N–H and O–H groups in total. The van der Waals surface area contributed by atoms with Crippen LogP contribution in [0.3, 0.4) is 0 Å². The molecular weight excluding hydrogens is 290 g/mol. The number of nitrogens with one attached hydrogen (secondary N) is 1. The highest BCUT2D eigenvalue weighted by Crippen LogP contribution is 2.25. The molecule has 1 aromatic carbocycles. The van der Waals surface area contributed by atoms with E-state index >= 15 is 0 Å². The van der Waals surface area contributed by atoms with Gasteiger partial charge in [0.2, 0.25) is 0 Å². The van der Waals surface area contributed by atoms with Crippen LogP contribution in [0.4, 0.5) is 0 Å². The smallest absolute Gasteiger partial charge is 0.335 e. The molecule has 4 nitrogen and oxygen atoms in total. The number of benzene rings is 1. The minimum Gasteiger partial charge on any atom is -0.496 e. The van der Waals surface area contributed by atoms with Crippen molar-refractivity contribution in [2.45, 2.75) is 26.4 Å². The van der Waals surface area contributed by atoms with Crippen molar-refractivity contribution in [2.75, 3.05) is 20.7 Å². The predicted molar refractivity (Wildman–Crippen MR) is 85.8 cm³/mol. The summed E-state index contributed by atoms with van der Waals surface area (Å²) in [7, 11) is 3.35. The van der Waals surface area contributed by atoms with Crippen molar-refractivity contribution in [1.29, 1.82) is 0 Å². The Labute approximate surface area is 131 Å². The van der Waals surface area contributed by atoms with E-state index in [9.17, 15) is 4.79 Å². The van der Waals surface area contributed by atoms with Gasteiger partial charge in [-0.3, -0.25) is 0 Å². The summed E-state index contributed by atoms with van der Waals surface area (Å²) in [6.45, 7) is 5.90. The molecule has 0 aliphatic rings. The Morgan fingerprint density at radius 2 is 2.05 bits per heavy atom. The number of ether oxygens (including phenoxy) is 2. The fraction of sp³-hybridized carbons (Fsp3) is 0.438. The quantitative estimate of drug-likeness (QED) is 0.669. The van der Waals surface area contributed by atoms with E-state index < -0.39 is 5.60 Å². The highest BCUT2D eigenvalue weighted by Gasteiger charge is 2.20. The second kappa shape index (κ2) is 7.48. The van der Waals surface area contributed by atoms with E-state index in [1.165, 1.54) is 0 Å². The highest BCUT2D eigenvalue weighted by molar-refractivity contribution is 6.30. The summed E-state index contributed by atoms with van der Waals surface area (Å²) in [5.74, 6) is 0.287. The topological polar surface area (TPSA) is 47.6 Å². The fourth-order valence-corrected chi connectivity index (χ4v) is 1.90. The van der Waals surface area contributed by atoms with E-state index in [0.717, 1.165) is 5.56 Å². The van der Waals surface area contributed by atoms with Gasteiger partial charge >= 0.3 is 5.97 Å². The summed E-state index contributed by atoms with van der Waals surface area (Å²) < 4.78 is 10.7. The van der Waals surface area contributed by atoms with Crippen LogP contribution in [-0.2, 0) is 9.53 Å². The molecule has 0 amide bonds. The Bertz CT molecular complexity index is 533. The molecule has 0 fully saturated rings. The van der Waals surface area contributed by atoms with Crippen LogP contribution in [0.2, 0.25) is 5.02 Å². The number of carbonyl (C=O) groups is 1. The lowest BCUT2D eigenvalue weighted by Gasteiger charge is -2.20. The van der Waals surface area contributed by atoms with Gasteiger partial charge in [0.15, 0.2) is 0 Å². The van der Waals surface area contributed by atoms with Crippen LogP contribution in [-0.4, -0.2) is 32.3 Å². The Balaban J connectivity index is 3.15. The number of hydrogen-bond donors (Lipinski definition) is 1. The monoisotopic (exact) mass is 311 g/mol. The molecule has 0 spiro atoms. The van der Waals surface area contributed by atoms with Crippen molar-refractivity contribution in [1.82, 2.24) is 5.32 Å². The van der Waals surface area contributed by atoms with E-state index in [1.807, 2.05) is 20.8 Å². The molecule has 0 aliphatic carbocycles. The van der Waals surface area contributed by atoms with E-state index in [-0.39, 0.29) is 5.97 Å². The molecular formula is C16H22ClNO3. The van der Waals surface area contributed by atoms with Gasteiger partial charge in [-0.1, -0.05) is 11.6 Å². The molecule has 116 valence electrons. The van der Waals surface area contributed by atoms with Crippen molar-refractivity contribution in [2.24, 2.45) is 0 Å². The highest BCUT2D eigenvalue weighted by atomic mass is 35.5. The zero-order valence-corrected chi connectivity index (χ0v) is 13.9. The van der Waals surface area contributed by atoms with E-state index in [1.54, 1.807) is 38.4 Å². The van der Waals surface area contributed by atoms with Crippen LogP contribution < -0.4 is 10.1 Å². The first-order valence-corrected chi connectivity index (χ1v) is 7.06. The van der Waals surface area contributed by atoms with E-state index in [2.05, 4.69) is 5.32 Å². The minimum atomic E-state index is -0.539. The third-order valence-corrected chi connectivity index (χ3v) is 2.78. The SMILES string of the molecule is CNCC(=Cc1cc(Cl)ccc1OC)C(=O)OC(C)(C)C. The Kier molecular flexibility index (Phi) is 6.24. The molecule has 1 rings (SSSR count). The summed E-state index contributed by atoms with van der Waals surface area (Å²) >= 11 is 6.00. The summed E-state index contributed by atoms with van der Waals surface area (Å²) in [6, 6.07) is 5.25. The van der Waals surface area contributed by atoms with Gasteiger partial charge in [0.05, 0.1) is 12.7 Å². The summed E-state index contributed by atoms with van der Waals surface area (Å²) in [5, 5.41) is 3.54. The lowest BCUT2D eigenvalue weighted by molar-refractivity contribution is -0.149. The van der Waals surface area contributed by atoms with Crippen LogP contribution in [0.25, 0.3) is 6.08 Å². The number of methoxy groups -OCH3 is 1. The molecule has 0 saturated carbocycles. The van der Waals surface area contributed by atoms with Crippen molar-refractivity contribution in [3.05, 3.63) is 34.4 Å². The molecule has 5 heteroatoms. The van der Waals surface area contributed by atoms with Gasteiger partial charge in [0.25, 0.3) is 0 Å². The normalized spacial score (nSPS) is 12.2. The number of esters is 1. The molecule has 21 heavy (non-hydrogen) atoms. The molecule has 0 aromatic heterocycles. The molecule has 0 saturated heterocycles. The van der Waals surface area contributed by atoms with E-state index in [4.69, 9.17) is 21.1 Å². The molecule has 0 unspecified atom stereocenters. The summed E-state index contributed by atoms with van der Waals surface area (Å²) in [5.41, 5.74) is 0.705. The van der Waals surface area contributed by atoms with Crippen LogP contribution >= 0.6 is 11.6 Å².